The normalized spacial score (nSPS) is 11.4. The van der Waals surface area contributed by atoms with E-state index in [0.717, 1.165) is 29.4 Å². The summed E-state index contributed by atoms with van der Waals surface area (Å²) < 4.78 is 2.01. The molecule has 19 heavy (non-hydrogen) atoms. The van der Waals surface area contributed by atoms with Crippen LogP contribution >= 0.6 is 0 Å². The lowest BCUT2D eigenvalue weighted by atomic mass is 10.1. The average Bonchev–Trinajstić information content (AvgIpc) is 2.72. The number of ketones is 1. The van der Waals surface area contributed by atoms with Crippen molar-refractivity contribution in [1.29, 1.82) is 0 Å². The van der Waals surface area contributed by atoms with Gasteiger partial charge in [-0.1, -0.05) is 32.0 Å². The first-order valence-corrected chi connectivity index (χ1v) is 6.87. The van der Waals surface area contributed by atoms with Gasteiger partial charge in [-0.15, -0.1) is 0 Å². The van der Waals surface area contributed by atoms with E-state index in [1.165, 1.54) is 0 Å². The Labute approximate surface area is 114 Å². The van der Waals surface area contributed by atoms with E-state index in [2.05, 4.69) is 19.2 Å². The number of benzene rings is 1. The summed E-state index contributed by atoms with van der Waals surface area (Å²) in [5, 5.41) is 4.27. The molecule has 0 radical (unpaired) electrons. The van der Waals surface area contributed by atoms with Crippen molar-refractivity contribution in [2.75, 3.05) is 13.1 Å². The van der Waals surface area contributed by atoms with Crippen molar-refractivity contribution in [3.63, 3.8) is 0 Å². The number of carbonyl (C=O) groups excluding carboxylic acids is 1. The molecule has 3 heteroatoms. The molecule has 2 aromatic rings. The van der Waals surface area contributed by atoms with Gasteiger partial charge in [0, 0.05) is 29.7 Å². The van der Waals surface area contributed by atoms with Crippen molar-refractivity contribution in [2.45, 2.75) is 20.3 Å². The third kappa shape index (κ3) is 3.24. The Hall–Kier alpha value is -1.61. The smallest absolute Gasteiger partial charge is 0.178 e. The summed E-state index contributed by atoms with van der Waals surface area (Å²) in [4.78, 5) is 12.2. The highest BCUT2D eigenvalue weighted by atomic mass is 16.1. The summed E-state index contributed by atoms with van der Waals surface area (Å²) in [6.45, 7) is 5.69. The van der Waals surface area contributed by atoms with Gasteiger partial charge in [0.25, 0.3) is 0 Å². The van der Waals surface area contributed by atoms with Crippen LogP contribution in [0.25, 0.3) is 10.9 Å². The highest BCUT2D eigenvalue weighted by Gasteiger charge is 2.12. The standard InChI is InChI=1S/C16H22N2O/c1-12(2)8-9-17-10-16(19)14-11-18(3)15-7-5-4-6-13(14)15/h4-7,11-12,17H,8-10H2,1-3H3. The third-order valence-electron chi connectivity index (χ3n) is 3.38. The lowest BCUT2D eigenvalue weighted by Crippen LogP contribution is -2.24. The van der Waals surface area contributed by atoms with Crippen LogP contribution in [0.3, 0.4) is 0 Å². The fourth-order valence-corrected chi connectivity index (χ4v) is 2.25. The molecule has 1 aromatic carbocycles. The van der Waals surface area contributed by atoms with Crippen LogP contribution in [0.2, 0.25) is 0 Å². The number of para-hydroxylation sites is 1. The molecule has 1 heterocycles. The van der Waals surface area contributed by atoms with Crippen LogP contribution in [0, 0.1) is 5.92 Å². The molecule has 0 bridgehead atoms. The van der Waals surface area contributed by atoms with Crippen LogP contribution in [-0.4, -0.2) is 23.4 Å². The SMILES string of the molecule is CC(C)CCNCC(=O)c1cn(C)c2ccccc12. The molecule has 0 fully saturated rings. The second-order valence-electron chi connectivity index (χ2n) is 5.45. The minimum atomic E-state index is 0.167. The zero-order valence-electron chi connectivity index (χ0n) is 11.9. The predicted molar refractivity (Wildman–Crippen MR) is 79.6 cm³/mol. The lowest BCUT2D eigenvalue weighted by Gasteiger charge is -2.05. The number of fused-ring (bicyclic) bond motifs is 1. The van der Waals surface area contributed by atoms with Crippen LogP contribution in [0.4, 0.5) is 0 Å². The summed E-state index contributed by atoms with van der Waals surface area (Å²) in [6, 6.07) is 8.03. The number of aryl methyl sites for hydroxylation is 1. The number of rotatable bonds is 6. The van der Waals surface area contributed by atoms with Gasteiger partial charge < -0.3 is 9.88 Å². The van der Waals surface area contributed by atoms with E-state index in [1.54, 1.807) is 0 Å². The van der Waals surface area contributed by atoms with Crippen molar-refractivity contribution in [2.24, 2.45) is 13.0 Å². The molecular weight excluding hydrogens is 236 g/mol. The monoisotopic (exact) mass is 258 g/mol. The molecule has 0 amide bonds. The lowest BCUT2D eigenvalue weighted by molar-refractivity contribution is 0.0992. The number of hydrogen-bond donors (Lipinski definition) is 1. The van der Waals surface area contributed by atoms with E-state index in [4.69, 9.17) is 0 Å². The van der Waals surface area contributed by atoms with Crippen molar-refractivity contribution >= 4 is 16.7 Å². The van der Waals surface area contributed by atoms with E-state index in [-0.39, 0.29) is 5.78 Å². The van der Waals surface area contributed by atoms with E-state index >= 15 is 0 Å². The van der Waals surface area contributed by atoms with Crippen molar-refractivity contribution in [3.05, 3.63) is 36.0 Å². The van der Waals surface area contributed by atoms with Crippen LogP contribution in [0.15, 0.2) is 30.5 Å². The first kappa shape index (κ1) is 13.8. The average molecular weight is 258 g/mol. The molecule has 0 aliphatic rings. The van der Waals surface area contributed by atoms with E-state index in [9.17, 15) is 4.79 Å². The number of nitrogens with zero attached hydrogens (tertiary/aromatic N) is 1. The second-order valence-corrected chi connectivity index (χ2v) is 5.45. The van der Waals surface area contributed by atoms with Gasteiger partial charge in [0.2, 0.25) is 0 Å². The van der Waals surface area contributed by atoms with Crippen LogP contribution < -0.4 is 5.32 Å². The summed E-state index contributed by atoms with van der Waals surface area (Å²) in [6.07, 6.45) is 3.03. The van der Waals surface area contributed by atoms with Gasteiger partial charge in [0.05, 0.1) is 6.54 Å². The third-order valence-corrected chi connectivity index (χ3v) is 3.38. The van der Waals surface area contributed by atoms with Crippen LogP contribution in [0.5, 0.6) is 0 Å². The maximum Gasteiger partial charge on any atom is 0.178 e. The molecule has 1 aromatic heterocycles. The van der Waals surface area contributed by atoms with E-state index < -0.39 is 0 Å². The van der Waals surface area contributed by atoms with Crippen molar-refractivity contribution in [3.8, 4) is 0 Å². The first-order chi connectivity index (χ1) is 9.09. The summed E-state index contributed by atoms with van der Waals surface area (Å²) >= 11 is 0. The molecule has 0 saturated carbocycles. The number of nitrogens with one attached hydrogen (secondary N) is 1. The number of aromatic nitrogens is 1. The first-order valence-electron chi connectivity index (χ1n) is 6.87. The molecule has 0 saturated heterocycles. The largest absolute Gasteiger partial charge is 0.350 e. The highest BCUT2D eigenvalue weighted by molar-refractivity contribution is 6.09. The summed E-state index contributed by atoms with van der Waals surface area (Å²) in [5.74, 6) is 0.834. The predicted octanol–water partition coefficient (Wildman–Crippen LogP) is 3.00. The van der Waals surface area contributed by atoms with E-state index in [1.807, 2.05) is 42.1 Å². The fraction of sp³-hybridized carbons (Fsp3) is 0.438. The molecule has 3 nitrogen and oxygen atoms in total. The van der Waals surface area contributed by atoms with Gasteiger partial charge >= 0.3 is 0 Å². The molecule has 1 N–H and O–H groups in total. The molecular formula is C16H22N2O. The Morgan fingerprint density at radius 3 is 2.79 bits per heavy atom. The Balaban J connectivity index is 2.05. The molecule has 0 atom stereocenters. The van der Waals surface area contributed by atoms with Crippen molar-refractivity contribution < 1.29 is 4.79 Å². The van der Waals surface area contributed by atoms with Gasteiger partial charge in [0.1, 0.15) is 0 Å². The van der Waals surface area contributed by atoms with E-state index in [0.29, 0.717) is 12.5 Å². The topological polar surface area (TPSA) is 34.0 Å². The zero-order valence-corrected chi connectivity index (χ0v) is 11.9. The Morgan fingerprint density at radius 2 is 2.05 bits per heavy atom. The Morgan fingerprint density at radius 1 is 1.32 bits per heavy atom. The van der Waals surface area contributed by atoms with Gasteiger partial charge in [-0.05, 0) is 24.9 Å². The summed E-state index contributed by atoms with van der Waals surface area (Å²) in [7, 11) is 1.98. The maximum atomic E-state index is 12.2. The van der Waals surface area contributed by atoms with Crippen LogP contribution in [-0.2, 0) is 7.05 Å². The van der Waals surface area contributed by atoms with Gasteiger partial charge in [-0.3, -0.25) is 4.79 Å². The van der Waals surface area contributed by atoms with Crippen molar-refractivity contribution in [1.82, 2.24) is 9.88 Å². The minimum Gasteiger partial charge on any atom is -0.350 e. The quantitative estimate of drug-likeness (QED) is 0.638. The molecule has 0 spiro atoms. The van der Waals surface area contributed by atoms with Gasteiger partial charge in [-0.25, -0.2) is 0 Å². The Bertz CT molecular complexity index is 569. The fourth-order valence-electron chi connectivity index (χ4n) is 2.25. The minimum absolute atomic E-state index is 0.167. The maximum absolute atomic E-state index is 12.2. The molecule has 102 valence electrons. The van der Waals surface area contributed by atoms with Gasteiger partial charge in [-0.2, -0.15) is 0 Å². The number of carbonyl (C=O) groups is 1. The highest BCUT2D eigenvalue weighted by Crippen LogP contribution is 2.20. The van der Waals surface area contributed by atoms with Gasteiger partial charge in [0.15, 0.2) is 5.78 Å². The molecule has 0 unspecified atom stereocenters. The Kier molecular flexibility index (Phi) is 4.38. The molecule has 2 rings (SSSR count). The molecule has 0 aliphatic carbocycles. The number of Topliss-reactive ketones (excluding diaryl/α,β-unsaturated/α-hetero) is 1. The zero-order chi connectivity index (χ0) is 13.8. The summed E-state index contributed by atoms with van der Waals surface area (Å²) in [5.41, 5.74) is 1.92. The second kappa shape index (κ2) is 6.02. The van der Waals surface area contributed by atoms with Crippen LogP contribution in [0.1, 0.15) is 30.6 Å². The molecule has 0 aliphatic heterocycles. The number of hydrogen-bond acceptors (Lipinski definition) is 2.